The summed E-state index contributed by atoms with van der Waals surface area (Å²) in [5.41, 5.74) is -0.334. The Hall–Kier alpha value is -0.690. The zero-order valence-electron chi connectivity index (χ0n) is 15.9. The van der Waals surface area contributed by atoms with Crippen LogP contribution in [0.3, 0.4) is 0 Å². The molecule has 0 aromatic heterocycles. The van der Waals surface area contributed by atoms with Crippen molar-refractivity contribution < 1.29 is 19.5 Å². The van der Waals surface area contributed by atoms with Gasteiger partial charge in [0.05, 0.1) is 19.3 Å². The van der Waals surface area contributed by atoms with Crippen LogP contribution >= 0.6 is 0 Å². The lowest BCUT2D eigenvalue weighted by Gasteiger charge is -2.52. The smallest absolute Gasteiger partial charge is 0.244 e. The van der Waals surface area contributed by atoms with Gasteiger partial charge in [-0.1, -0.05) is 27.2 Å². The molecular formula is C19H32N2O4. The van der Waals surface area contributed by atoms with Crippen LogP contribution < -0.4 is 0 Å². The van der Waals surface area contributed by atoms with E-state index in [4.69, 9.17) is 9.57 Å². The summed E-state index contributed by atoms with van der Waals surface area (Å²) < 4.78 is 5.71. The molecule has 0 aromatic rings. The summed E-state index contributed by atoms with van der Waals surface area (Å²) in [4.78, 5) is 21.7. The number of rotatable bonds is 2. The number of carbonyl (C=O) groups excluding carboxylic acids is 1. The molecule has 1 amide bonds. The van der Waals surface area contributed by atoms with Gasteiger partial charge in [-0.05, 0) is 31.1 Å². The van der Waals surface area contributed by atoms with Crippen molar-refractivity contribution in [3.8, 4) is 0 Å². The second-order valence-electron chi connectivity index (χ2n) is 8.96. The predicted octanol–water partition coefficient (Wildman–Crippen LogP) is 1.63. The Labute approximate surface area is 150 Å². The first-order valence-electron chi connectivity index (χ1n) is 9.86. The zero-order valence-corrected chi connectivity index (χ0v) is 15.9. The summed E-state index contributed by atoms with van der Waals surface area (Å²) in [5, 5.41) is 11.6. The zero-order chi connectivity index (χ0) is 17.9. The lowest BCUT2D eigenvalue weighted by Crippen LogP contribution is -2.61. The molecule has 1 spiro atoms. The molecule has 142 valence electrons. The van der Waals surface area contributed by atoms with Crippen molar-refractivity contribution in [2.75, 3.05) is 20.3 Å². The minimum Gasteiger partial charge on any atom is -0.394 e. The van der Waals surface area contributed by atoms with E-state index in [-0.39, 0.29) is 42.3 Å². The maximum Gasteiger partial charge on any atom is 0.244 e. The van der Waals surface area contributed by atoms with Gasteiger partial charge in [-0.25, -0.2) is 0 Å². The fourth-order valence-corrected chi connectivity index (χ4v) is 5.95. The summed E-state index contributed by atoms with van der Waals surface area (Å²) in [6.07, 6.45) is 3.78. The molecular weight excluding hydrogens is 320 g/mol. The highest BCUT2D eigenvalue weighted by atomic mass is 16.7. The quantitative estimate of drug-likeness (QED) is 0.818. The van der Waals surface area contributed by atoms with E-state index in [0.717, 1.165) is 12.8 Å². The van der Waals surface area contributed by atoms with Crippen molar-refractivity contribution in [1.82, 2.24) is 9.96 Å². The molecule has 1 saturated carbocycles. The first-order chi connectivity index (χ1) is 11.9. The monoisotopic (exact) mass is 352 g/mol. The van der Waals surface area contributed by atoms with Gasteiger partial charge in [0.1, 0.15) is 17.8 Å². The number of fused-ring (bicyclic) bond motifs is 4. The van der Waals surface area contributed by atoms with E-state index in [0.29, 0.717) is 30.8 Å². The maximum absolute atomic E-state index is 13.3. The topological polar surface area (TPSA) is 62.2 Å². The highest BCUT2D eigenvalue weighted by molar-refractivity contribution is 5.85. The van der Waals surface area contributed by atoms with E-state index >= 15 is 0 Å². The standard InChI is InChI=1S/C19H32N2O4/c1-11(2)15-6-5-12(3)8-19(15)20(4)18(23)17-14-7-13(9-22)24-10-16(14)25-21(17)19/h11-17,22H,5-10H2,1-4H3/t12-,13+,14-,15+,16+,17+,19+/m1/s1. The van der Waals surface area contributed by atoms with Gasteiger partial charge in [-0.2, -0.15) is 0 Å². The van der Waals surface area contributed by atoms with Crippen LogP contribution in [0.4, 0.5) is 0 Å². The number of amides is 1. The van der Waals surface area contributed by atoms with E-state index in [2.05, 4.69) is 25.8 Å². The molecule has 1 aliphatic carbocycles. The number of carbonyl (C=O) groups is 1. The van der Waals surface area contributed by atoms with Crippen LogP contribution in [0.2, 0.25) is 0 Å². The highest BCUT2D eigenvalue weighted by Crippen LogP contribution is 2.55. The summed E-state index contributed by atoms with van der Waals surface area (Å²) >= 11 is 0. The summed E-state index contributed by atoms with van der Waals surface area (Å²) in [7, 11) is 1.97. The third kappa shape index (κ3) is 2.41. The second-order valence-corrected chi connectivity index (χ2v) is 8.96. The molecule has 3 saturated heterocycles. The number of hydrogen-bond donors (Lipinski definition) is 1. The van der Waals surface area contributed by atoms with Crippen LogP contribution in [0, 0.1) is 23.7 Å². The van der Waals surface area contributed by atoms with Gasteiger partial charge < -0.3 is 14.7 Å². The van der Waals surface area contributed by atoms with Gasteiger partial charge in [0.25, 0.3) is 0 Å². The molecule has 0 aromatic carbocycles. The van der Waals surface area contributed by atoms with Crippen LogP contribution in [-0.2, 0) is 14.4 Å². The summed E-state index contributed by atoms with van der Waals surface area (Å²) in [5.74, 6) is 1.79. The minimum atomic E-state index is -0.334. The second kappa shape index (κ2) is 6.19. The maximum atomic E-state index is 13.3. The van der Waals surface area contributed by atoms with E-state index in [1.165, 1.54) is 6.42 Å². The summed E-state index contributed by atoms with van der Waals surface area (Å²) in [6, 6.07) is -0.223. The Kier molecular flexibility index (Phi) is 4.38. The van der Waals surface area contributed by atoms with Gasteiger partial charge in [0.2, 0.25) is 5.91 Å². The van der Waals surface area contributed by atoms with Crippen LogP contribution in [-0.4, -0.2) is 65.2 Å². The normalized spacial score (nSPS) is 47.6. The largest absolute Gasteiger partial charge is 0.394 e. The molecule has 25 heavy (non-hydrogen) atoms. The van der Waals surface area contributed by atoms with Crippen LogP contribution in [0.1, 0.15) is 46.5 Å². The van der Waals surface area contributed by atoms with Gasteiger partial charge >= 0.3 is 0 Å². The average Bonchev–Trinajstić information content (AvgIpc) is 3.05. The number of nitrogens with zero attached hydrogens (tertiary/aromatic N) is 2. The lowest BCUT2D eigenvalue weighted by molar-refractivity contribution is -0.273. The molecule has 7 atom stereocenters. The molecule has 4 fully saturated rings. The molecule has 0 bridgehead atoms. The van der Waals surface area contributed by atoms with Crippen molar-refractivity contribution >= 4 is 5.91 Å². The molecule has 3 heterocycles. The highest BCUT2D eigenvalue weighted by Gasteiger charge is 2.68. The fraction of sp³-hybridized carbons (Fsp3) is 0.947. The third-order valence-electron chi connectivity index (χ3n) is 7.18. The van der Waals surface area contributed by atoms with Crippen LogP contribution in [0.15, 0.2) is 0 Å². The summed E-state index contributed by atoms with van der Waals surface area (Å²) in [6.45, 7) is 7.30. The number of aliphatic hydroxyl groups is 1. The van der Waals surface area contributed by atoms with Crippen molar-refractivity contribution in [1.29, 1.82) is 0 Å². The molecule has 0 unspecified atom stereocenters. The van der Waals surface area contributed by atoms with Crippen molar-refractivity contribution in [2.45, 2.75) is 70.4 Å². The van der Waals surface area contributed by atoms with Crippen molar-refractivity contribution in [2.24, 2.45) is 23.7 Å². The molecule has 4 aliphatic rings. The first kappa shape index (κ1) is 17.7. The number of hydrogen-bond acceptors (Lipinski definition) is 5. The Morgan fingerprint density at radius 1 is 1.36 bits per heavy atom. The van der Waals surface area contributed by atoms with E-state index in [1.807, 2.05) is 11.9 Å². The number of likely N-dealkylation sites (N-methyl/N-ethyl adjacent to an activating group) is 1. The Morgan fingerprint density at radius 3 is 2.80 bits per heavy atom. The molecule has 3 aliphatic heterocycles. The average molecular weight is 352 g/mol. The van der Waals surface area contributed by atoms with Gasteiger partial charge in [0.15, 0.2) is 0 Å². The lowest BCUT2D eigenvalue weighted by atomic mass is 9.69. The minimum absolute atomic E-state index is 0.0107. The first-order valence-corrected chi connectivity index (χ1v) is 9.86. The molecule has 6 nitrogen and oxygen atoms in total. The molecule has 1 N–H and O–H groups in total. The SMILES string of the molecule is CC(C)[C@@H]1CC[C@@H](C)C[C@@]12N(C)C(=O)[C@@H]1[C@@H]3C[C@@H](CO)OC[C@@H]3ON12. The molecule has 4 rings (SSSR count). The van der Waals surface area contributed by atoms with Gasteiger partial charge in [-0.3, -0.25) is 9.63 Å². The predicted molar refractivity (Wildman–Crippen MR) is 92.3 cm³/mol. The number of aliphatic hydroxyl groups excluding tert-OH is 1. The Bertz CT molecular complexity index is 542. The van der Waals surface area contributed by atoms with E-state index < -0.39 is 0 Å². The third-order valence-corrected chi connectivity index (χ3v) is 7.18. The van der Waals surface area contributed by atoms with Gasteiger partial charge in [-0.15, -0.1) is 5.06 Å². The van der Waals surface area contributed by atoms with Crippen molar-refractivity contribution in [3.63, 3.8) is 0 Å². The number of ether oxygens (including phenoxy) is 1. The van der Waals surface area contributed by atoms with Crippen molar-refractivity contribution in [3.05, 3.63) is 0 Å². The van der Waals surface area contributed by atoms with Crippen LogP contribution in [0.5, 0.6) is 0 Å². The van der Waals surface area contributed by atoms with Crippen LogP contribution in [0.25, 0.3) is 0 Å². The molecule has 6 heteroatoms. The fourth-order valence-electron chi connectivity index (χ4n) is 5.95. The van der Waals surface area contributed by atoms with E-state index in [1.54, 1.807) is 0 Å². The number of hydroxylamine groups is 2. The van der Waals surface area contributed by atoms with E-state index in [9.17, 15) is 9.90 Å². The van der Waals surface area contributed by atoms with Gasteiger partial charge in [0, 0.05) is 18.9 Å². The molecule has 0 radical (unpaired) electrons. The Morgan fingerprint density at radius 2 is 2.12 bits per heavy atom. The Balaban J connectivity index is 1.71.